The maximum Gasteiger partial charge on any atom is 0.258 e. The Morgan fingerprint density at radius 3 is 2.74 bits per heavy atom. The topological polar surface area (TPSA) is 58.6 Å². The number of aliphatic hydroxyl groups excluding tert-OH is 1. The predicted molar refractivity (Wildman–Crippen MR) is 75.6 cm³/mol. The molecule has 106 valence electrons. The third-order valence-electron chi connectivity index (χ3n) is 2.71. The van der Waals surface area contributed by atoms with Crippen molar-refractivity contribution in [2.45, 2.75) is 32.7 Å². The second kappa shape index (κ2) is 6.78. The van der Waals surface area contributed by atoms with E-state index in [-0.39, 0.29) is 19.1 Å². The van der Waals surface area contributed by atoms with Crippen molar-refractivity contribution >= 4 is 17.5 Å². The molecule has 19 heavy (non-hydrogen) atoms. The van der Waals surface area contributed by atoms with Crippen molar-refractivity contribution in [3.05, 3.63) is 28.8 Å². The summed E-state index contributed by atoms with van der Waals surface area (Å²) in [5, 5.41) is 12.3. The molecule has 0 spiro atoms. The molecule has 0 saturated heterocycles. The lowest BCUT2D eigenvalue weighted by Gasteiger charge is -2.25. The van der Waals surface area contributed by atoms with E-state index >= 15 is 0 Å². The summed E-state index contributed by atoms with van der Waals surface area (Å²) in [5.41, 5.74) is 0.444. The van der Waals surface area contributed by atoms with Crippen LogP contribution in [0.3, 0.4) is 0 Å². The number of nitrogens with one attached hydrogen (secondary N) is 1. The third kappa shape index (κ3) is 5.49. The first-order chi connectivity index (χ1) is 8.84. The van der Waals surface area contributed by atoms with E-state index in [1.165, 1.54) is 0 Å². The van der Waals surface area contributed by atoms with Gasteiger partial charge in [0.05, 0.1) is 0 Å². The molecule has 0 aromatic heterocycles. The first-order valence-electron chi connectivity index (χ1n) is 6.15. The summed E-state index contributed by atoms with van der Waals surface area (Å²) in [7, 11) is 0. The lowest BCUT2D eigenvalue weighted by Crippen LogP contribution is -2.46. The maximum absolute atomic E-state index is 11.7. The smallest absolute Gasteiger partial charge is 0.258 e. The monoisotopic (exact) mass is 285 g/mol. The SMILES string of the molecule is Cc1cc(Cl)ccc1OCC(=O)NC(C)(C)CCO. The zero-order valence-electron chi connectivity index (χ0n) is 11.5. The molecule has 0 aliphatic rings. The van der Waals surface area contributed by atoms with Crippen LogP contribution < -0.4 is 10.1 Å². The molecule has 0 saturated carbocycles. The van der Waals surface area contributed by atoms with Crippen LogP contribution in [0.1, 0.15) is 25.8 Å². The van der Waals surface area contributed by atoms with Gasteiger partial charge < -0.3 is 15.2 Å². The molecule has 0 aliphatic carbocycles. The molecule has 0 unspecified atom stereocenters. The van der Waals surface area contributed by atoms with Gasteiger partial charge in [0.2, 0.25) is 0 Å². The van der Waals surface area contributed by atoms with Gasteiger partial charge in [-0.15, -0.1) is 0 Å². The maximum atomic E-state index is 11.7. The number of rotatable bonds is 6. The van der Waals surface area contributed by atoms with E-state index in [0.717, 1.165) is 5.56 Å². The third-order valence-corrected chi connectivity index (χ3v) is 2.95. The summed E-state index contributed by atoms with van der Waals surface area (Å²) in [4.78, 5) is 11.7. The van der Waals surface area contributed by atoms with Gasteiger partial charge in [-0.3, -0.25) is 4.79 Å². The van der Waals surface area contributed by atoms with Gasteiger partial charge in [0.1, 0.15) is 5.75 Å². The minimum atomic E-state index is -0.440. The first-order valence-corrected chi connectivity index (χ1v) is 6.53. The van der Waals surface area contributed by atoms with Gasteiger partial charge in [-0.2, -0.15) is 0 Å². The molecule has 2 N–H and O–H groups in total. The molecule has 1 amide bonds. The fraction of sp³-hybridized carbons (Fsp3) is 0.500. The number of hydrogen-bond acceptors (Lipinski definition) is 3. The molecular formula is C14H20ClNO3. The van der Waals surface area contributed by atoms with Gasteiger partial charge in [0.25, 0.3) is 5.91 Å². The van der Waals surface area contributed by atoms with Gasteiger partial charge in [-0.05, 0) is 51.0 Å². The van der Waals surface area contributed by atoms with Gasteiger partial charge in [0.15, 0.2) is 6.61 Å². The fourth-order valence-corrected chi connectivity index (χ4v) is 1.90. The summed E-state index contributed by atoms with van der Waals surface area (Å²) < 4.78 is 5.44. The summed E-state index contributed by atoms with van der Waals surface area (Å²) in [6.45, 7) is 5.56. The van der Waals surface area contributed by atoms with Crippen LogP contribution in [0.4, 0.5) is 0 Å². The Hall–Kier alpha value is -1.26. The quantitative estimate of drug-likeness (QED) is 0.843. The number of amides is 1. The van der Waals surface area contributed by atoms with E-state index in [1.807, 2.05) is 20.8 Å². The van der Waals surface area contributed by atoms with Crippen LogP contribution in [0.15, 0.2) is 18.2 Å². The van der Waals surface area contributed by atoms with E-state index in [4.69, 9.17) is 21.4 Å². The summed E-state index contributed by atoms with van der Waals surface area (Å²) in [5.74, 6) is 0.423. The Morgan fingerprint density at radius 1 is 1.47 bits per heavy atom. The van der Waals surface area contributed by atoms with E-state index in [0.29, 0.717) is 17.2 Å². The standard InChI is InChI=1S/C14H20ClNO3/c1-10-8-11(15)4-5-12(10)19-9-13(18)16-14(2,3)6-7-17/h4-5,8,17H,6-7,9H2,1-3H3,(H,16,18). The molecule has 1 aromatic rings. The Morgan fingerprint density at radius 2 is 2.16 bits per heavy atom. The van der Waals surface area contributed by atoms with Crippen LogP contribution in [-0.2, 0) is 4.79 Å². The number of aliphatic hydroxyl groups is 1. The molecule has 0 atom stereocenters. The molecule has 5 heteroatoms. The van der Waals surface area contributed by atoms with Gasteiger partial charge in [0, 0.05) is 17.2 Å². The van der Waals surface area contributed by atoms with Crippen LogP contribution in [0.2, 0.25) is 5.02 Å². The van der Waals surface area contributed by atoms with Gasteiger partial charge in [-0.25, -0.2) is 0 Å². The highest BCUT2D eigenvalue weighted by atomic mass is 35.5. The Kier molecular flexibility index (Phi) is 5.63. The molecule has 0 heterocycles. The predicted octanol–water partition coefficient (Wildman–Crippen LogP) is 2.30. The van der Waals surface area contributed by atoms with Crippen LogP contribution in [0, 0.1) is 6.92 Å². The van der Waals surface area contributed by atoms with Crippen molar-refractivity contribution in [1.29, 1.82) is 0 Å². The number of carbonyl (C=O) groups excluding carboxylic acids is 1. The summed E-state index contributed by atoms with van der Waals surface area (Å²) >= 11 is 5.84. The zero-order valence-corrected chi connectivity index (χ0v) is 12.3. The average molecular weight is 286 g/mol. The van der Waals surface area contributed by atoms with E-state index in [1.54, 1.807) is 18.2 Å². The Bertz CT molecular complexity index is 446. The number of halogens is 1. The van der Waals surface area contributed by atoms with Crippen LogP contribution in [0.25, 0.3) is 0 Å². The highest BCUT2D eigenvalue weighted by Gasteiger charge is 2.19. The summed E-state index contributed by atoms with van der Waals surface area (Å²) in [6, 6.07) is 5.24. The van der Waals surface area contributed by atoms with Gasteiger partial charge >= 0.3 is 0 Å². The van der Waals surface area contributed by atoms with Gasteiger partial charge in [-0.1, -0.05) is 11.6 Å². The molecule has 0 fully saturated rings. The number of benzene rings is 1. The van der Waals surface area contributed by atoms with Crippen molar-refractivity contribution in [3.63, 3.8) is 0 Å². The molecule has 0 bridgehead atoms. The minimum Gasteiger partial charge on any atom is -0.484 e. The molecule has 0 radical (unpaired) electrons. The van der Waals surface area contributed by atoms with Crippen molar-refractivity contribution in [2.24, 2.45) is 0 Å². The first kappa shape index (κ1) is 15.8. The number of hydrogen-bond donors (Lipinski definition) is 2. The molecule has 1 aromatic carbocycles. The average Bonchev–Trinajstić information content (AvgIpc) is 2.26. The Balaban J connectivity index is 2.50. The van der Waals surface area contributed by atoms with Crippen LogP contribution in [-0.4, -0.2) is 29.8 Å². The normalized spacial score (nSPS) is 11.2. The van der Waals surface area contributed by atoms with Crippen LogP contribution >= 0.6 is 11.6 Å². The lowest BCUT2D eigenvalue weighted by molar-refractivity contribution is -0.124. The molecule has 0 aliphatic heterocycles. The van der Waals surface area contributed by atoms with E-state index in [9.17, 15) is 4.79 Å². The highest BCUT2D eigenvalue weighted by Crippen LogP contribution is 2.21. The minimum absolute atomic E-state index is 0.0322. The molecular weight excluding hydrogens is 266 g/mol. The van der Waals surface area contributed by atoms with E-state index < -0.39 is 5.54 Å². The highest BCUT2D eigenvalue weighted by molar-refractivity contribution is 6.30. The van der Waals surface area contributed by atoms with Crippen molar-refractivity contribution in [1.82, 2.24) is 5.32 Å². The van der Waals surface area contributed by atoms with Crippen LogP contribution in [0.5, 0.6) is 5.75 Å². The number of carbonyl (C=O) groups is 1. The molecule has 1 rings (SSSR count). The number of aryl methyl sites for hydroxylation is 1. The fourth-order valence-electron chi connectivity index (χ4n) is 1.67. The van der Waals surface area contributed by atoms with E-state index in [2.05, 4.69) is 5.32 Å². The lowest BCUT2D eigenvalue weighted by atomic mass is 10.0. The largest absolute Gasteiger partial charge is 0.484 e. The van der Waals surface area contributed by atoms with Crippen molar-refractivity contribution in [3.8, 4) is 5.75 Å². The zero-order chi connectivity index (χ0) is 14.5. The second-order valence-corrected chi connectivity index (χ2v) is 5.54. The Labute approximate surface area is 118 Å². The number of ether oxygens (including phenoxy) is 1. The second-order valence-electron chi connectivity index (χ2n) is 5.10. The van der Waals surface area contributed by atoms with Crippen molar-refractivity contribution in [2.75, 3.05) is 13.2 Å². The van der Waals surface area contributed by atoms with Crippen molar-refractivity contribution < 1.29 is 14.6 Å². The molecule has 4 nitrogen and oxygen atoms in total. The summed E-state index contributed by atoms with van der Waals surface area (Å²) in [6.07, 6.45) is 0.499.